The van der Waals surface area contributed by atoms with Gasteiger partial charge in [-0.3, -0.25) is 19.3 Å². The van der Waals surface area contributed by atoms with Gasteiger partial charge >= 0.3 is 0 Å². The van der Waals surface area contributed by atoms with Crippen LogP contribution in [0.3, 0.4) is 0 Å². The molecule has 0 saturated carbocycles. The lowest BCUT2D eigenvalue weighted by atomic mass is 9.93. The standard InChI is InChI=1S/C17H23N3O3/c1-17(2,11-19(3)4)10-18-14(21)9-20-15(22)12-7-5-6-8-13(12)16(20)23/h5-8H,9-11H2,1-4H3,(H,18,21). The summed E-state index contributed by atoms with van der Waals surface area (Å²) < 4.78 is 0. The second-order valence-corrected chi connectivity index (χ2v) is 6.92. The lowest BCUT2D eigenvalue weighted by Crippen LogP contribution is -2.45. The van der Waals surface area contributed by atoms with Crippen LogP contribution in [0.1, 0.15) is 34.6 Å². The zero-order valence-corrected chi connectivity index (χ0v) is 14.0. The highest BCUT2D eigenvalue weighted by Gasteiger charge is 2.36. The summed E-state index contributed by atoms with van der Waals surface area (Å²) in [7, 11) is 3.95. The van der Waals surface area contributed by atoms with E-state index >= 15 is 0 Å². The van der Waals surface area contributed by atoms with Gasteiger partial charge < -0.3 is 10.2 Å². The monoisotopic (exact) mass is 317 g/mol. The van der Waals surface area contributed by atoms with E-state index in [-0.39, 0.29) is 17.9 Å². The summed E-state index contributed by atoms with van der Waals surface area (Å²) in [5, 5.41) is 2.81. The molecule has 0 atom stereocenters. The van der Waals surface area contributed by atoms with Crippen LogP contribution in [0.4, 0.5) is 0 Å². The summed E-state index contributed by atoms with van der Waals surface area (Å²) >= 11 is 0. The predicted molar refractivity (Wildman–Crippen MR) is 87.2 cm³/mol. The minimum atomic E-state index is -0.409. The summed E-state index contributed by atoms with van der Waals surface area (Å²) in [4.78, 5) is 39.6. The highest BCUT2D eigenvalue weighted by Crippen LogP contribution is 2.22. The van der Waals surface area contributed by atoms with Crippen molar-refractivity contribution in [3.8, 4) is 0 Å². The van der Waals surface area contributed by atoms with Gasteiger partial charge in [0, 0.05) is 13.1 Å². The van der Waals surface area contributed by atoms with Crippen molar-refractivity contribution in [1.82, 2.24) is 15.1 Å². The van der Waals surface area contributed by atoms with Crippen LogP contribution in [0.5, 0.6) is 0 Å². The van der Waals surface area contributed by atoms with E-state index < -0.39 is 11.8 Å². The zero-order valence-electron chi connectivity index (χ0n) is 14.0. The van der Waals surface area contributed by atoms with E-state index in [1.807, 2.05) is 14.1 Å². The van der Waals surface area contributed by atoms with Crippen LogP contribution in [0.25, 0.3) is 0 Å². The van der Waals surface area contributed by atoms with E-state index in [9.17, 15) is 14.4 Å². The summed E-state index contributed by atoms with van der Waals surface area (Å²) in [5.74, 6) is -1.15. The molecule has 6 nitrogen and oxygen atoms in total. The van der Waals surface area contributed by atoms with Gasteiger partial charge in [-0.2, -0.15) is 0 Å². The summed E-state index contributed by atoms with van der Waals surface area (Å²) in [5.41, 5.74) is 0.623. The summed E-state index contributed by atoms with van der Waals surface area (Å²) in [6.07, 6.45) is 0. The van der Waals surface area contributed by atoms with Crippen molar-refractivity contribution >= 4 is 17.7 Å². The summed E-state index contributed by atoms with van der Waals surface area (Å²) in [6, 6.07) is 6.62. The number of imide groups is 1. The van der Waals surface area contributed by atoms with Gasteiger partial charge in [-0.05, 0) is 31.6 Å². The molecule has 0 spiro atoms. The van der Waals surface area contributed by atoms with Gasteiger partial charge in [0.05, 0.1) is 11.1 Å². The molecule has 1 aliphatic heterocycles. The molecule has 124 valence electrons. The number of amides is 3. The molecule has 23 heavy (non-hydrogen) atoms. The Morgan fingerprint density at radius 2 is 1.65 bits per heavy atom. The van der Waals surface area contributed by atoms with Crippen LogP contribution in [0.15, 0.2) is 24.3 Å². The lowest BCUT2D eigenvalue weighted by molar-refractivity contribution is -0.121. The first-order valence-electron chi connectivity index (χ1n) is 7.58. The fourth-order valence-electron chi connectivity index (χ4n) is 2.83. The van der Waals surface area contributed by atoms with Crippen molar-refractivity contribution in [2.24, 2.45) is 5.41 Å². The maximum absolute atomic E-state index is 12.2. The molecule has 1 N–H and O–H groups in total. The highest BCUT2D eigenvalue weighted by atomic mass is 16.2. The number of carbonyl (C=O) groups excluding carboxylic acids is 3. The van der Waals surface area contributed by atoms with Crippen molar-refractivity contribution in [3.05, 3.63) is 35.4 Å². The van der Waals surface area contributed by atoms with E-state index in [0.29, 0.717) is 17.7 Å². The van der Waals surface area contributed by atoms with Crippen LogP contribution in [0.2, 0.25) is 0 Å². The Morgan fingerprint density at radius 3 is 2.13 bits per heavy atom. The fourth-order valence-corrected chi connectivity index (χ4v) is 2.83. The van der Waals surface area contributed by atoms with E-state index in [0.717, 1.165) is 11.4 Å². The molecule has 1 heterocycles. The van der Waals surface area contributed by atoms with Crippen molar-refractivity contribution in [1.29, 1.82) is 0 Å². The third kappa shape index (κ3) is 3.96. The molecule has 0 radical (unpaired) electrons. The Hall–Kier alpha value is -2.21. The van der Waals surface area contributed by atoms with Gasteiger partial charge in [0.15, 0.2) is 0 Å². The molecule has 1 aromatic rings. The largest absolute Gasteiger partial charge is 0.354 e. The van der Waals surface area contributed by atoms with Gasteiger partial charge in [-0.1, -0.05) is 26.0 Å². The van der Waals surface area contributed by atoms with E-state index in [4.69, 9.17) is 0 Å². The molecule has 0 unspecified atom stereocenters. The Labute approximate surface area is 136 Å². The Bertz CT molecular complexity index is 603. The highest BCUT2D eigenvalue weighted by molar-refractivity contribution is 6.22. The molecule has 2 rings (SSSR count). The van der Waals surface area contributed by atoms with Gasteiger partial charge in [0.25, 0.3) is 11.8 Å². The van der Waals surface area contributed by atoms with Gasteiger partial charge in [0.2, 0.25) is 5.91 Å². The lowest BCUT2D eigenvalue weighted by Gasteiger charge is -2.28. The van der Waals surface area contributed by atoms with E-state index in [2.05, 4.69) is 24.1 Å². The number of carbonyl (C=O) groups is 3. The van der Waals surface area contributed by atoms with Gasteiger partial charge in [-0.25, -0.2) is 0 Å². The van der Waals surface area contributed by atoms with Crippen molar-refractivity contribution in [3.63, 3.8) is 0 Å². The van der Waals surface area contributed by atoms with E-state index in [1.165, 1.54) is 0 Å². The molecule has 0 aromatic heterocycles. The number of benzene rings is 1. The van der Waals surface area contributed by atoms with Gasteiger partial charge in [-0.15, -0.1) is 0 Å². The van der Waals surface area contributed by atoms with Crippen LogP contribution < -0.4 is 5.32 Å². The second kappa shape index (κ2) is 6.50. The third-order valence-corrected chi connectivity index (χ3v) is 3.69. The minimum absolute atomic E-state index is 0.0961. The van der Waals surface area contributed by atoms with E-state index in [1.54, 1.807) is 24.3 Å². The van der Waals surface area contributed by atoms with Crippen LogP contribution in [0, 0.1) is 5.41 Å². The number of rotatable bonds is 6. The maximum Gasteiger partial charge on any atom is 0.262 e. The quantitative estimate of drug-likeness (QED) is 0.794. The minimum Gasteiger partial charge on any atom is -0.354 e. The van der Waals surface area contributed by atoms with Crippen LogP contribution >= 0.6 is 0 Å². The van der Waals surface area contributed by atoms with Crippen molar-refractivity contribution in [2.75, 3.05) is 33.7 Å². The number of hydrogen-bond donors (Lipinski definition) is 1. The molecule has 0 aliphatic carbocycles. The zero-order chi connectivity index (χ0) is 17.2. The maximum atomic E-state index is 12.2. The van der Waals surface area contributed by atoms with Crippen molar-refractivity contribution in [2.45, 2.75) is 13.8 Å². The molecular weight excluding hydrogens is 294 g/mol. The molecular formula is C17H23N3O3. The molecule has 3 amide bonds. The average Bonchev–Trinajstić information content (AvgIpc) is 2.70. The Balaban J connectivity index is 1.95. The SMILES string of the molecule is CN(C)CC(C)(C)CNC(=O)CN1C(=O)c2ccccc2C1=O. The Kier molecular flexibility index (Phi) is 4.85. The van der Waals surface area contributed by atoms with Gasteiger partial charge in [0.1, 0.15) is 6.54 Å². The van der Waals surface area contributed by atoms with Crippen LogP contribution in [-0.4, -0.2) is 61.3 Å². The molecule has 0 saturated heterocycles. The number of hydrogen-bond acceptors (Lipinski definition) is 4. The number of nitrogens with zero attached hydrogens (tertiary/aromatic N) is 2. The molecule has 1 aliphatic rings. The summed E-state index contributed by atoms with van der Waals surface area (Å²) in [6.45, 7) is 5.16. The normalized spacial score (nSPS) is 14.4. The topological polar surface area (TPSA) is 69.7 Å². The molecule has 0 fully saturated rings. The van der Waals surface area contributed by atoms with Crippen LogP contribution in [-0.2, 0) is 4.79 Å². The first kappa shape index (κ1) is 17.1. The predicted octanol–water partition coefficient (Wildman–Crippen LogP) is 0.987. The Morgan fingerprint density at radius 1 is 1.13 bits per heavy atom. The number of nitrogens with one attached hydrogen (secondary N) is 1. The molecule has 1 aromatic carbocycles. The van der Waals surface area contributed by atoms with Crippen molar-refractivity contribution < 1.29 is 14.4 Å². The molecule has 0 bridgehead atoms. The first-order chi connectivity index (χ1) is 10.7. The smallest absolute Gasteiger partial charge is 0.262 e. The number of fused-ring (bicyclic) bond motifs is 1. The first-order valence-corrected chi connectivity index (χ1v) is 7.58. The molecule has 6 heteroatoms. The third-order valence-electron chi connectivity index (χ3n) is 3.69. The fraction of sp³-hybridized carbons (Fsp3) is 0.471. The second-order valence-electron chi connectivity index (χ2n) is 6.92. The average molecular weight is 317 g/mol.